The fourth-order valence-corrected chi connectivity index (χ4v) is 4.32. The molecule has 2 aromatic carbocycles. The van der Waals surface area contributed by atoms with Crippen LogP contribution in [0.4, 0.5) is 4.39 Å². The lowest BCUT2D eigenvalue weighted by Crippen LogP contribution is -2.35. The largest absolute Gasteiger partial charge is 0.323 e. The van der Waals surface area contributed by atoms with Gasteiger partial charge >= 0.3 is 0 Å². The third-order valence-corrected chi connectivity index (χ3v) is 5.68. The molecule has 0 spiro atoms. The van der Waals surface area contributed by atoms with Crippen LogP contribution in [0.2, 0.25) is 0 Å². The monoisotopic (exact) mass is 289 g/mol. The van der Waals surface area contributed by atoms with E-state index in [1.165, 1.54) is 11.6 Å². The highest BCUT2D eigenvalue weighted by molar-refractivity contribution is 7.85. The zero-order valence-corrected chi connectivity index (χ0v) is 11.8. The smallest absolute Gasteiger partial charge is 0.139 e. The van der Waals surface area contributed by atoms with Gasteiger partial charge in [0, 0.05) is 6.04 Å². The molecule has 0 radical (unpaired) electrons. The van der Waals surface area contributed by atoms with Gasteiger partial charge in [0.15, 0.2) is 0 Å². The molecule has 2 N–H and O–H groups in total. The van der Waals surface area contributed by atoms with E-state index in [0.717, 1.165) is 18.4 Å². The summed E-state index contributed by atoms with van der Waals surface area (Å²) in [6.45, 7) is 0. The molecule has 0 aliphatic heterocycles. The predicted octanol–water partition coefficient (Wildman–Crippen LogP) is 2.95. The second-order valence-corrected chi connectivity index (χ2v) is 6.67. The van der Waals surface area contributed by atoms with Gasteiger partial charge in [0.1, 0.15) is 5.82 Å². The molecule has 3 rings (SSSR count). The Morgan fingerprint density at radius 2 is 1.80 bits per heavy atom. The van der Waals surface area contributed by atoms with Crippen LogP contribution >= 0.6 is 0 Å². The average molecular weight is 289 g/mol. The molecule has 20 heavy (non-hydrogen) atoms. The molecule has 0 heterocycles. The first-order valence-corrected chi connectivity index (χ1v) is 7.88. The standard InChI is InChI=1S/C16H16FNOS/c17-13-7-3-4-8-14(13)20(19)15-10-9-11-5-1-2-6-12(11)16(15)18/h1-8,15-16H,9-10,18H2. The van der Waals surface area contributed by atoms with Crippen LogP contribution < -0.4 is 5.73 Å². The molecule has 3 atom stereocenters. The van der Waals surface area contributed by atoms with E-state index in [2.05, 4.69) is 6.07 Å². The van der Waals surface area contributed by atoms with E-state index < -0.39 is 16.6 Å². The molecule has 4 heteroatoms. The maximum Gasteiger partial charge on any atom is 0.139 e. The molecule has 1 aliphatic rings. The lowest BCUT2D eigenvalue weighted by molar-refractivity contribution is 0.553. The maximum atomic E-state index is 13.8. The molecule has 0 amide bonds. The second-order valence-electron chi connectivity index (χ2n) is 5.03. The molecule has 2 aromatic rings. The van der Waals surface area contributed by atoms with Crippen molar-refractivity contribution in [2.75, 3.05) is 0 Å². The van der Waals surface area contributed by atoms with E-state index in [1.54, 1.807) is 18.2 Å². The summed E-state index contributed by atoms with van der Waals surface area (Å²) in [6, 6.07) is 13.9. The van der Waals surface area contributed by atoms with Gasteiger partial charge in [-0.25, -0.2) is 4.39 Å². The highest BCUT2D eigenvalue weighted by Crippen LogP contribution is 2.33. The summed E-state index contributed by atoms with van der Waals surface area (Å²) in [5.74, 6) is -0.420. The average Bonchev–Trinajstić information content (AvgIpc) is 2.48. The Labute approximate surface area is 120 Å². The topological polar surface area (TPSA) is 43.1 Å². The predicted molar refractivity (Wildman–Crippen MR) is 78.3 cm³/mol. The van der Waals surface area contributed by atoms with Gasteiger partial charge < -0.3 is 5.73 Å². The molecule has 0 saturated heterocycles. The van der Waals surface area contributed by atoms with E-state index in [-0.39, 0.29) is 16.2 Å². The van der Waals surface area contributed by atoms with Gasteiger partial charge in [-0.3, -0.25) is 4.21 Å². The van der Waals surface area contributed by atoms with Crippen LogP contribution in [0.3, 0.4) is 0 Å². The minimum absolute atomic E-state index is 0.234. The van der Waals surface area contributed by atoms with Crippen LogP contribution in [-0.2, 0) is 17.2 Å². The van der Waals surface area contributed by atoms with E-state index in [9.17, 15) is 8.60 Å². The number of benzene rings is 2. The van der Waals surface area contributed by atoms with Crippen molar-refractivity contribution in [1.29, 1.82) is 0 Å². The maximum absolute atomic E-state index is 13.8. The number of aryl methyl sites for hydroxylation is 1. The fraction of sp³-hybridized carbons (Fsp3) is 0.250. The van der Waals surface area contributed by atoms with Crippen LogP contribution in [0, 0.1) is 5.82 Å². The Hall–Kier alpha value is -1.52. The Morgan fingerprint density at radius 1 is 1.10 bits per heavy atom. The van der Waals surface area contributed by atoms with Crippen molar-refractivity contribution in [3.63, 3.8) is 0 Å². The lowest BCUT2D eigenvalue weighted by Gasteiger charge is -2.30. The SMILES string of the molecule is NC1c2ccccc2CCC1S(=O)c1ccccc1F. The normalized spacial score (nSPS) is 23.1. The Morgan fingerprint density at radius 3 is 2.60 bits per heavy atom. The van der Waals surface area contributed by atoms with Gasteiger partial charge in [0.2, 0.25) is 0 Å². The molecule has 0 aromatic heterocycles. The lowest BCUT2D eigenvalue weighted by atomic mass is 9.88. The molecule has 0 fully saturated rings. The van der Waals surface area contributed by atoms with Crippen LogP contribution in [0.5, 0.6) is 0 Å². The van der Waals surface area contributed by atoms with Crippen molar-refractivity contribution >= 4 is 10.8 Å². The Bertz CT molecular complexity index is 658. The summed E-state index contributed by atoms with van der Waals surface area (Å²) in [7, 11) is -1.42. The Balaban J connectivity index is 1.93. The summed E-state index contributed by atoms with van der Waals surface area (Å²) in [5, 5.41) is -0.234. The minimum atomic E-state index is -1.42. The van der Waals surface area contributed by atoms with Crippen molar-refractivity contribution in [2.24, 2.45) is 5.73 Å². The highest BCUT2D eigenvalue weighted by Gasteiger charge is 2.32. The molecule has 0 saturated carbocycles. The zero-order chi connectivity index (χ0) is 14.1. The number of fused-ring (bicyclic) bond motifs is 1. The first-order chi connectivity index (χ1) is 9.68. The number of rotatable bonds is 2. The summed E-state index contributed by atoms with van der Waals surface area (Å²) in [5.41, 5.74) is 8.51. The molecule has 0 bridgehead atoms. The molecular formula is C16H16FNOS. The van der Waals surface area contributed by atoms with E-state index >= 15 is 0 Å². The molecule has 2 nitrogen and oxygen atoms in total. The van der Waals surface area contributed by atoms with Gasteiger partial charge in [-0.2, -0.15) is 0 Å². The van der Waals surface area contributed by atoms with Gasteiger partial charge in [-0.05, 0) is 36.1 Å². The second kappa shape index (κ2) is 5.46. The molecule has 1 aliphatic carbocycles. The molecular weight excluding hydrogens is 273 g/mol. The van der Waals surface area contributed by atoms with Gasteiger partial charge in [0.25, 0.3) is 0 Å². The Kier molecular flexibility index (Phi) is 3.68. The molecule has 104 valence electrons. The van der Waals surface area contributed by atoms with E-state index in [4.69, 9.17) is 5.73 Å². The van der Waals surface area contributed by atoms with Crippen LogP contribution in [0.15, 0.2) is 53.4 Å². The highest BCUT2D eigenvalue weighted by atomic mass is 32.2. The van der Waals surface area contributed by atoms with Crippen LogP contribution in [0.25, 0.3) is 0 Å². The first kappa shape index (κ1) is 13.5. The van der Waals surface area contributed by atoms with Crippen molar-refractivity contribution < 1.29 is 8.60 Å². The van der Waals surface area contributed by atoms with Crippen molar-refractivity contribution in [1.82, 2.24) is 0 Å². The van der Waals surface area contributed by atoms with Crippen molar-refractivity contribution in [2.45, 2.75) is 29.0 Å². The number of halogens is 1. The quantitative estimate of drug-likeness (QED) is 0.923. The van der Waals surface area contributed by atoms with Gasteiger partial charge in [-0.1, -0.05) is 36.4 Å². The van der Waals surface area contributed by atoms with E-state index in [1.807, 2.05) is 18.2 Å². The summed E-state index contributed by atoms with van der Waals surface area (Å²) in [4.78, 5) is 0.257. The van der Waals surface area contributed by atoms with Crippen LogP contribution in [0.1, 0.15) is 23.6 Å². The minimum Gasteiger partial charge on any atom is -0.323 e. The fourth-order valence-electron chi connectivity index (χ4n) is 2.78. The first-order valence-electron chi connectivity index (χ1n) is 6.67. The summed E-state index contributed by atoms with van der Waals surface area (Å²) < 4.78 is 26.4. The number of hydrogen-bond acceptors (Lipinski definition) is 2. The van der Waals surface area contributed by atoms with E-state index in [0.29, 0.717) is 0 Å². The summed E-state index contributed by atoms with van der Waals surface area (Å²) in [6.07, 6.45) is 1.56. The summed E-state index contributed by atoms with van der Waals surface area (Å²) >= 11 is 0. The van der Waals surface area contributed by atoms with Crippen molar-refractivity contribution in [3.8, 4) is 0 Å². The third-order valence-electron chi connectivity index (χ3n) is 3.84. The third kappa shape index (κ3) is 2.30. The van der Waals surface area contributed by atoms with Gasteiger partial charge in [-0.15, -0.1) is 0 Å². The number of nitrogens with two attached hydrogens (primary N) is 1. The molecule has 3 unspecified atom stereocenters. The number of hydrogen-bond donors (Lipinski definition) is 1. The van der Waals surface area contributed by atoms with Gasteiger partial charge in [0.05, 0.1) is 20.9 Å². The van der Waals surface area contributed by atoms with Crippen LogP contribution in [-0.4, -0.2) is 9.46 Å². The zero-order valence-electron chi connectivity index (χ0n) is 11.0. The van der Waals surface area contributed by atoms with Crippen molar-refractivity contribution in [3.05, 3.63) is 65.5 Å².